The highest BCUT2D eigenvalue weighted by Gasteiger charge is 2.20. The molecule has 122 valence electrons. The summed E-state index contributed by atoms with van der Waals surface area (Å²) in [7, 11) is 0. The van der Waals surface area contributed by atoms with Crippen molar-refractivity contribution in [1.29, 1.82) is 0 Å². The van der Waals surface area contributed by atoms with Crippen molar-refractivity contribution in [3.05, 3.63) is 46.4 Å². The zero-order chi connectivity index (χ0) is 16.4. The van der Waals surface area contributed by atoms with Crippen LogP contribution in [0.5, 0.6) is 5.75 Å². The van der Waals surface area contributed by atoms with Gasteiger partial charge < -0.3 is 10.1 Å². The van der Waals surface area contributed by atoms with Crippen LogP contribution in [0.3, 0.4) is 0 Å². The second-order valence-corrected chi connectivity index (χ2v) is 5.86. The number of alkyl halides is 2. The number of benzene rings is 1. The van der Waals surface area contributed by atoms with Gasteiger partial charge in [0, 0.05) is 18.0 Å². The fraction of sp³-hybridized carbons (Fsp3) is 0.375. The molecule has 0 amide bonds. The van der Waals surface area contributed by atoms with Crippen LogP contribution in [-0.4, -0.2) is 23.1 Å². The van der Waals surface area contributed by atoms with Crippen LogP contribution in [0.2, 0.25) is 5.02 Å². The monoisotopic (exact) mass is 339 g/mol. The van der Waals surface area contributed by atoms with E-state index in [4.69, 9.17) is 16.3 Å². The molecule has 0 fully saturated rings. The first-order valence-corrected chi connectivity index (χ1v) is 7.72. The van der Waals surface area contributed by atoms with Gasteiger partial charge in [-0.25, -0.2) is 18.7 Å². The summed E-state index contributed by atoms with van der Waals surface area (Å²) in [5, 5.41) is 2.85. The number of halogens is 3. The molecule has 0 saturated heterocycles. The van der Waals surface area contributed by atoms with E-state index in [-0.39, 0.29) is 10.8 Å². The summed E-state index contributed by atoms with van der Waals surface area (Å²) in [6.45, 7) is 3.36. The van der Waals surface area contributed by atoms with Crippen molar-refractivity contribution in [3.8, 4) is 5.75 Å². The molecule has 1 aromatic heterocycles. The number of nitrogens with zero attached hydrogens (tertiary/aromatic N) is 2. The van der Waals surface area contributed by atoms with Gasteiger partial charge >= 0.3 is 0 Å². The first-order chi connectivity index (χ1) is 11.1. The lowest BCUT2D eigenvalue weighted by atomic mass is 10.0. The number of anilines is 1. The van der Waals surface area contributed by atoms with Crippen molar-refractivity contribution in [1.82, 2.24) is 9.97 Å². The SMILES string of the molecule is CC1COc2cc(CCNc3ncnc(C(F)F)c3Cl)ccc21. The molecule has 1 atom stereocenters. The van der Waals surface area contributed by atoms with Gasteiger partial charge in [-0.05, 0) is 18.1 Å². The molecule has 7 heteroatoms. The van der Waals surface area contributed by atoms with Gasteiger partial charge in [0.05, 0.1) is 6.61 Å². The lowest BCUT2D eigenvalue weighted by Crippen LogP contribution is -2.08. The third kappa shape index (κ3) is 3.37. The van der Waals surface area contributed by atoms with Crippen LogP contribution in [0.25, 0.3) is 0 Å². The average molecular weight is 340 g/mol. The smallest absolute Gasteiger partial charge is 0.282 e. The van der Waals surface area contributed by atoms with E-state index in [1.54, 1.807) is 0 Å². The van der Waals surface area contributed by atoms with Gasteiger partial charge in [-0.3, -0.25) is 0 Å². The molecule has 1 aromatic carbocycles. The summed E-state index contributed by atoms with van der Waals surface area (Å²) in [6, 6.07) is 6.15. The largest absolute Gasteiger partial charge is 0.493 e. The van der Waals surface area contributed by atoms with Gasteiger partial charge in [0.1, 0.15) is 28.6 Å². The summed E-state index contributed by atoms with van der Waals surface area (Å²) in [6.07, 6.45) is -0.933. The van der Waals surface area contributed by atoms with Crippen molar-refractivity contribution >= 4 is 17.4 Å². The predicted molar refractivity (Wildman–Crippen MR) is 84.5 cm³/mol. The molecule has 1 unspecified atom stereocenters. The Hall–Kier alpha value is -1.95. The summed E-state index contributed by atoms with van der Waals surface area (Å²) < 4.78 is 31.1. The van der Waals surface area contributed by atoms with Crippen molar-refractivity contribution in [3.63, 3.8) is 0 Å². The van der Waals surface area contributed by atoms with Gasteiger partial charge in [-0.1, -0.05) is 30.7 Å². The molecule has 1 aliphatic heterocycles. The maximum Gasteiger partial charge on any atom is 0.282 e. The Bertz CT molecular complexity index is 712. The molecular formula is C16H16ClF2N3O. The lowest BCUT2D eigenvalue weighted by Gasteiger charge is -2.10. The molecule has 0 bridgehead atoms. The lowest BCUT2D eigenvalue weighted by molar-refractivity contribution is 0.146. The van der Waals surface area contributed by atoms with E-state index in [0.29, 0.717) is 25.5 Å². The van der Waals surface area contributed by atoms with E-state index in [1.807, 2.05) is 6.07 Å². The van der Waals surface area contributed by atoms with Crippen LogP contribution < -0.4 is 10.1 Å². The van der Waals surface area contributed by atoms with Crippen LogP contribution in [0.1, 0.15) is 36.1 Å². The van der Waals surface area contributed by atoms with Crippen molar-refractivity contribution in [2.75, 3.05) is 18.5 Å². The molecule has 0 radical (unpaired) electrons. The number of nitrogens with one attached hydrogen (secondary N) is 1. The van der Waals surface area contributed by atoms with Gasteiger partial charge in [-0.15, -0.1) is 0 Å². The molecule has 3 rings (SSSR count). The van der Waals surface area contributed by atoms with E-state index >= 15 is 0 Å². The van der Waals surface area contributed by atoms with E-state index in [2.05, 4.69) is 34.3 Å². The molecule has 2 aromatic rings. The molecule has 23 heavy (non-hydrogen) atoms. The number of aromatic nitrogens is 2. The van der Waals surface area contributed by atoms with Crippen LogP contribution in [-0.2, 0) is 6.42 Å². The Kier molecular flexibility index (Phi) is 4.61. The average Bonchev–Trinajstić information content (AvgIpc) is 2.89. The van der Waals surface area contributed by atoms with Gasteiger partial charge in [0.25, 0.3) is 6.43 Å². The number of ether oxygens (including phenoxy) is 1. The van der Waals surface area contributed by atoms with Gasteiger partial charge in [0.2, 0.25) is 0 Å². The second kappa shape index (κ2) is 6.66. The minimum absolute atomic E-state index is 0.131. The topological polar surface area (TPSA) is 47.0 Å². The summed E-state index contributed by atoms with van der Waals surface area (Å²) in [4.78, 5) is 7.41. The van der Waals surface area contributed by atoms with E-state index in [9.17, 15) is 8.78 Å². The molecule has 0 saturated carbocycles. The summed E-state index contributed by atoms with van der Waals surface area (Å²) in [5.41, 5.74) is 1.87. The van der Waals surface area contributed by atoms with E-state index < -0.39 is 12.1 Å². The maximum absolute atomic E-state index is 12.7. The van der Waals surface area contributed by atoms with Crippen LogP contribution in [0, 0.1) is 0 Å². The number of rotatable bonds is 5. The number of fused-ring (bicyclic) bond motifs is 1. The second-order valence-electron chi connectivity index (χ2n) is 5.48. The standard InChI is InChI=1S/C16H16ClF2N3O/c1-9-7-23-12-6-10(2-3-11(9)12)4-5-20-16-13(17)14(15(18)19)21-8-22-16/h2-3,6,8-9,15H,4-5,7H2,1H3,(H,20,21,22). The maximum atomic E-state index is 12.7. The molecule has 4 nitrogen and oxygen atoms in total. The third-order valence-electron chi connectivity index (χ3n) is 3.83. The molecule has 2 heterocycles. The summed E-state index contributed by atoms with van der Waals surface area (Å²) in [5.74, 6) is 1.57. The Labute approximate surface area is 137 Å². The highest BCUT2D eigenvalue weighted by molar-refractivity contribution is 6.33. The number of hydrogen-bond acceptors (Lipinski definition) is 4. The normalized spacial score (nSPS) is 16.3. The van der Waals surface area contributed by atoms with Crippen LogP contribution >= 0.6 is 11.6 Å². The van der Waals surface area contributed by atoms with Crippen LogP contribution in [0.15, 0.2) is 24.5 Å². The first kappa shape index (κ1) is 15.9. The van der Waals surface area contributed by atoms with Gasteiger partial charge in [0.15, 0.2) is 0 Å². The highest BCUT2D eigenvalue weighted by atomic mass is 35.5. The predicted octanol–water partition coefficient (Wildman–Crippen LogP) is 4.22. The molecule has 1 N–H and O–H groups in total. The molecule has 1 aliphatic rings. The zero-order valence-corrected chi connectivity index (χ0v) is 13.3. The first-order valence-electron chi connectivity index (χ1n) is 7.34. The Balaban J connectivity index is 1.63. The zero-order valence-electron chi connectivity index (χ0n) is 12.5. The molecular weight excluding hydrogens is 324 g/mol. The Morgan fingerprint density at radius 2 is 2.22 bits per heavy atom. The molecule has 0 spiro atoms. The highest BCUT2D eigenvalue weighted by Crippen LogP contribution is 2.34. The van der Waals surface area contributed by atoms with Crippen LogP contribution in [0.4, 0.5) is 14.6 Å². The Morgan fingerprint density at radius 3 is 3.00 bits per heavy atom. The number of hydrogen-bond donors (Lipinski definition) is 1. The van der Waals surface area contributed by atoms with Gasteiger partial charge in [-0.2, -0.15) is 0 Å². The quantitative estimate of drug-likeness (QED) is 0.886. The third-order valence-corrected chi connectivity index (χ3v) is 4.20. The van der Waals surface area contributed by atoms with Crippen molar-refractivity contribution in [2.24, 2.45) is 0 Å². The van der Waals surface area contributed by atoms with E-state index in [0.717, 1.165) is 17.6 Å². The fourth-order valence-corrected chi connectivity index (χ4v) is 2.80. The Morgan fingerprint density at radius 1 is 1.39 bits per heavy atom. The van der Waals surface area contributed by atoms with E-state index in [1.165, 1.54) is 5.56 Å². The molecule has 0 aliphatic carbocycles. The summed E-state index contributed by atoms with van der Waals surface area (Å²) >= 11 is 5.89. The minimum atomic E-state index is -2.72. The minimum Gasteiger partial charge on any atom is -0.493 e. The fourth-order valence-electron chi connectivity index (χ4n) is 2.56. The van der Waals surface area contributed by atoms with Crippen molar-refractivity contribution < 1.29 is 13.5 Å². The van der Waals surface area contributed by atoms with Crippen molar-refractivity contribution in [2.45, 2.75) is 25.7 Å².